The second kappa shape index (κ2) is 8.88. The Kier molecular flexibility index (Phi) is 7.48. The molecule has 0 aromatic carbocycles. The normalized spacial score (nSPS) is 16.7. The summed E-state index contributed by atoms with van der Waals surface area (Å²) in [5, 5.41) is 0. The first-order valence-corrected chi connectivity index (χ1v) is 7.01. The van der Waals surface area contributed by atoms with Gasteiger partial charge < -0.3 is 4.90 Å². The number of amides is 1. The standard InChI is InChI=1S/C14H23F2N3O/c1-3-5-17-7-9-19(10-8-17)14(20)12-18(6-4-2)11-13(15)16/h1,13H,4-12H2,2H3. The summed E-state index contributed by atoms with van der Waals surface area (Å²) < 4.78 is 24.9. The molecule has 1 amide bonds. The monoisotopic (exact) mass is 287 g/mol. The first kappa shape index (κ1) is 16.9. The van der Waals surface area contributed by atoms with Crippen molar-refractivity contribution in [1.82, 2.24) is 14.7 Å². The lowest BCUT2D eigenvalue weighted by atomic mass is 10.3. The van der Waals surface area contributed by atoms with Crippen molar-refractivity contribution in [1.29, 1.82) is 0 Å². The summed E-state index contributed by atoms with van der Waals surface area (Å²) in [7, 11) is 0. The molecule has 0 unspecified atom stereocenters. The average Bonchev–Trinajstić information content (AvgIpc) is 2.39. The van der Waals surface area contributed by atoms with Crippen LogP contribution in [0.5, 0.6) is 0 Å². The average molecular weight is 287 g/mol. The minimum absolute atomic E-state index is 0.0699. The molecule has 0 atom stereocenters. The van der Waals surface area contributed by atoms with E-state index >= 15 is 0 Å². The van der Waals surface area contributed by atoms with Gasteiger partial charge in [0.05, 0.1) is 19.6 Å². The van der Waals surface area contributed by atoms with E-state index in [2.05, 4.69) is 10.8 Å². The van der Waals surface area contributed by atoms with Crippen molar-refractivity contribution in [3.05, 3.63) is 0 Å². The number of rotatable bonds is 7. The summed E-state index contributed by atoms with van der Waals surface area (Å²) in [4.78, 5) is 17.5. The van der Waals surface area contributed by atoms with Gasteiger partial charge in [-0.15, -0.1) is 6.42 Å². The smallest absolute Gasteiger partial charge is 0.251 e. The SMILES string of the molecule is C#CCN1CCN(C(=O)CN(CCC)CC(F)F)CC1. The van der Waals surface area contributed by atoms with E-state index in [-0.39, 0.29) is 19.0 Å². The molecule has 1 fully saturated rings. The summed E-state index contributed by atoms with van der Waals surface area (Å²) in [6.07, 6.45) is 3.61. The molecule has 1 saturated heterocycles. The Morgan fingerprint density at radius 3 is 2.50 bits per heavy atom. The molecule has 0 saturated carbocycles. The lowest BCUT2D eigenvalue weighted by molar-refractivity contribution is -0.134. The van der Waals surface area contributed by atoms with Crippen molar-refractivity contribution < 1.29 is 13.6 Å². The van der Waals surface area contributed by atoms with E-state index in [1.165, 1.54) is 4.90 Å². The van der Waals surface area contributed by atoms with Crippen molar-refractivity contribution in [2.24, 2.45) is 0 Å². The predicted molar refractivity (Wildman–Crippen MR) is 74.6 cm³/mol. The van der Waals surface area contributed by atoms with Crippen molar-refractivity contribution in [3.8, 4) is 12.3 Å². The number of halogens is 2. The van der Waals surface area contributed by atoms with Gasteiger partial charge in [-0.05, 0) is 13.0 Å². The number of nitrogens with zero attached hydrogens (tertiary/aromatic N) is 3. The quantitative estimate of drug-likeness (QED) is 0.646. The summed E-state index contributed by atoms with van der Waals surface area (Å²) in [6.45, 7) is 5.51. The fraction of sp³-hybridized carbons (Fsp3) is 0.786. The zero-order valence-electron chi connectivity index (χ0n) is 12.0. The molecule has 1 aliphatic heterocycles. The maximum Gasteiger partial charge on any atom is 0.251 e. The van der Waals surface area contributed by atoms with Gasteiger partial charge in [0.1, 0.15) is 0 Å². The van der Waals surface area contributed by atoms with Crippen LogP contribution in [-0.4, -0.2) is 79.4 Å². The highest BCUT2D eigenvalue weighted by Crippen LogP contribution is 2.05. The highest BCUT2D eigenvalue weighted by atomic mass is 19.3. The molecular formula is C14H23F2N3O. The zero-order valence-corrected chi connectivity index (χ0v) is 12.0. The minimum Gasteiger partial charge on any atom is -0.339 e. The number of carbonyl (C=O) groups excluding carboxylic acids is 1. The van der Waals surface area contributed by atoms with E-state index < -0.39 is 6.43 Å². The number of carbonyl (C=O) groups is 1. The maximum atomic E-state index is 12.4. The van der Waals surface area contributed by atoms with Gasteiger partial charge >= 0.3 is 0 Å². The van der Waals surface area contributed by atoms with Crippen LogP contribution in [0.2, 0.25) is 0 Å². The zero-order chi connectivity index (χ0) is 15.0. The Morgan fingerprint density at radius 1 is 1.35 bits per heavy atom. The van der Waals surface area contributed by atoms with Crippen LogP contribution < -0.4 is 0 Å². The molecule has 0 spiro atoms. The number of hydrogen-bond acceptors (Lipinski definition) is 3. The van der Waals surface area contributed by atoms with Gasteiger partial charge in [0, 0.05) is 26.2 Å². The van der Waals surface area contributed by atoms with Crippen LogP contribution in [0.1, 0.15) is 13.3 Å². The van der Waals surface area contributed by atoms with Crippen molar-refractivity contribution in [3.63, 3.8) is 0 Å². The summed E-state index contributed by atoms with van der Waals surface area (Å²) in [5.74, 6) is 2.51. The molecule has 0 radical (unpaired) electrons. The second-order valence-corrected chi connectivity index (χ2v) is 4.99. The van der Waals surface area contributed by atoms with E-state index in [1.54, 1.807) is 4.90 Å². The Morgan fingerprint density at radius 2 is 2.00 bits per heavy atom. The summed E-state index contributed by atoms with van der Waals surface area (Å²) >= 11 is 0. The fourth-order valence-electron chi connectivity index (χ4n) is 2.32. The highest BCUT2D eigenvalue weighted by Gasteiger charge is 2.23. The van der Waals surface area contributed by atoms with Crippen LogP contribution >= 0.6 is 0 Å². The van der Waals surface area contributed by atoms with Gasteiger partial charge in [0.2, 0.25) is 5.91 Å². The molecule has 0 bridgehead atoms. The van der Waals surface area contributed by atoms with Crippen LogP contribution in [-0.2, 0) is 4.79 Å². The number of piperazine rings is 1. The molecule has 114 valence electrons. The van der Waals surface area contributed by atoms with Crippen molar-refractivity contribution in [2.75, 3.05) is 52.4 Å². The number of hydrogen-bond donors (Lipinski definition) is 0. The molecule has 0 N–H and O–H groups in total. The predicted octanol–water partition coefficient (Wildman–Crippen LogP) is 0.741. The largest absolute Gasteiger partial charge is 0.339 e. The first-order chi connectivity index (χ1) is 9.56. The first-order valence-electron chi connectivity index (χ1n) is 7.01. The van der Waals surface area contributed by atoms with Crippen LogP contribution in [0.4, 0.5) is 8.78 Å². The van der Waals surface area contributed by atoms with Gasteiger partial charge in [-0.1, -0.05) is 12.8 Å². The van der Waals surface area contributed by atoms with Crippen molar-refractivity contribution in [2.45, 2.75) is 19.8 Å². The third kappa shape index (κ3) is 5.85. The van der Waals surface area contributed by atoms with Gasteiger partial charge in [0.25, 0.3) is 6.43 Å². The van der Waals surface area contributed by atoms with E-state index in [4.69, 9.17) is 6.42 Å². The van der Waals surface area contributed by atoms with E-state index in [9.17, 15) is 13.6 Å². The topological polar surface area (TPSA) is 26.8 Å². The van der Waals surface area contributed by atoms with Gasteiger partial charge in [-0.2, -0.15) is 0 Å². The molecule has 1 aliphatic rings. The van der Waals surface area contributed by atoms with Gasteiger partial charge in [-0.3, -0.25) is 14.6 Å². The molecule has 1 rings (SSSR count). The van der Waals surface area contributed by atoms with Gasteiger partial charge in [0.15, 0.2) is 0 Å². The maximum absolute atomic E-state index is 12.4. The third-order valence-corrected chi connectivity index (χ3v) is 3.33. The Labute approximate surface area is 119 Å². The molecule has 20 heavy (non-hydrogen) atoms. The molecular weight excluding hydrogens is 264 g/mol. The Hall–Kier alpha value is -1.19. The Bertz CT molecular complexity index is 336. The van der Waals surface area contributed by atoms with E-state index in [0.29, 0.717) is 26.2 Å². The number of alkyl halides is 2. The summed E-state index contributed by atoms with van der Waals surface area (Å²) in [6, 6.07) is 0. The minimum atomic E-state index is -2.40. The molecule has 1 heterocycles. The lowest BCUT2D eigenvalue weighted by Crippen LogP contribution is -2.51. The van der Waals surface area contributed by atoms with Crippen LogP contribution in [0, 0.1) is 12.3 Å². The second-order valence-electron chi connectivity index (χ2n) is 4.99. The van der Waals surface area contributed by atoms with Gasteiger partial charge in [-0.25, -0.2) is 8.78 Å². The van der Waals surface area contributed by atoms with Crippen LogP contribution in [0.15, 0.2) is 0 Å². The van der Waals surface area contributed by atoms with Crippen LogP contribution in [0.25, 0.3) is 0 Å². The Balaban J connectivity index is 2.39. The molecule has 6 heteroatoms. The highest BCUT2D eigenvalue weighted by molar-refractivity contribution is 5.78. The molecule has 0 aliphatic carbocycles. The molecule has 0 aromatic rings. The summed E-state index contributed by atoms with van der Waals surface area (Å²) in [5.41, 5.74) is 0. The fourth-order valence-corrected chi connectivity index (χ4v) is 2.32. The van der Waals surface area contributed by atoms with Crippen LogP contribution in [0.3, 0.4) is 0 Å². The molecule has 4 nitrogen and oxygen atoms in total. The van der Waals surface area contributed by atoms with E-state index in [0.717, 1.165) is 19.5 Å². The molecule has 0 aromatic heterocycles. The third-order valence-electron chi connectivity index (χ3n) is 3.33. The van der Waals surface area contributed by atoms with Crippen molar-refractivity contribution >= 4 is 5.91 Å². The lowest BCUT2D eigenvalue weighted by Gasteiger charge is -2.35. The number of terminal acetylenes is 1. The van der Waals surface area contributed by atoms with E-state index in [1.807, 2.05) is 6.92 Å².